The molecule has 0 spiro atoms. The molecule has 1 heterocycles. The zero-order valence-corrected chi connectivity index (χ0v) is 12.1. The zero-order valence-electron chi connectivity index (χ0n) is 12.1. The molecular formula is C16H10F2N2O4. The standard InChI is InChI=1S/C16H10F2N2O4/c17-13-6-3-10(7-14(13)18)15-12(8-21)16(24-19-15)9-1-4-11(5-2-9)20(22)23/h1-7,21H,8H2. The quantitative estimate of drug-likeness (QED) is 0.581. The van der Waals surface area contributed by atoms with Crippen LogP contribution in [-0.2, 0) is 6.61 Å². The van der Waals surface area contributed by atoms with Crippen LogP contribution in [-0.4, -0.2) is 15.2 Å². The molecule has 24 heavy (non-hydrogen) atoms. The zero-order chi connectivity index (χ0) is 17.3. The fraction of sp³-hybridized carbons (Fsp3) is 0.0625. The minimum atomic E-state index is -1.05. The smallest absolute Gasteiger partial charge is 0.269 e. The first-order valence-electron chi connectivity index (χ1n) is 6.81. The van der Waals surface area contributed by atoms with Crippen LogP contribution in [0.1, 0.15) is 5.56 Å². The van der Waals surface area contributed by atoms with Crippen LogP contribution in [0.15, 0.2) is 47.0 Å². The molecule has 0 radical (unpaired) electrons. The molecule has 3 rings (SSSR count). The Kier molecular flexibility index (Phi) is 4.05. The molecule has 8 heteroatoms. The molecule has 0 aliphatic rings. The Labute approximate surface area is 134 Å². The van der Waals surface area contributed by atoms with Crippen molar-refractivity contribution in [1.82, 2.24) is 5.16 Å². The van der Waals surface area contributed by atoms with Gasteiger partial charge in [0.1, 0.15) is 5.69 Å². The van der Waals surface area contributed by atoms with Gasteiger partial charge in [0, 0.05) is 23.3 Å². The first-order chi connectivity index (χ1) is 11.5. The lowest BCUT2D eigenvalue weighted by Crippen LogP contribution is -1.92. The third-order valence-electron chi connectivity index (χ3n) is 3.48. The van der Waals surface area contributed by atoms with Gasteiger partial charge in [0.15, 0.2) is 17.4 Å². The van der Waals surface area contributed by atoms with Crippen molar-refractivity contribution in [1.29, 1.82) is 0 Å². The van der Waals surface area contributed by atoms with Gasteiger partial charge in [-0.25, -0.2) is 8.78 Å². The molecule has 1 N–H and O–H groups in total. The van der Waals surface area contributed by atoms with E-state index in [1.165, 1.54) is 30.3 Å². The van der Waals surface area contributed by atoms with Gasteiger partial charge < -0.3 is 9.63 Å². The molecular weight excluding hydrogens is 322 g/mol. The van der Waals surface area contributed by atoms with Gasteiger partial charge >= 0.3 is 0 Å². The first kappa shape index (κ1) is 15.8. The van der Waals surface area contributed by atoms with E-state index in [1.54, 1.807) is 0 Å². The average molecular weight is 332 g/mol. The van der Waals surface area contributed by atoms with Crippen LogP contribution >= 0.6 is 0 Å². The van der Waals surface area contributed by atoms with Crippen LogP contribution in [0.2, 0.25) is 0 Å². The van der Waals surface area contributed by atoms with Crippen LogP contribution in [0, 0.1) is 21.7 Å². The van der Waals surface area contributed by atoms with E-state index in [9.17, 15) is 24.0 Å². The Morgan fingerprint density at radius 3 is 2.33 bits per heavy atom. The van der Waals surface area contributed by atoms with Crippen LogP contribution in [0.4, 0.5) is 14.5 Å². The molecule has 0 unspecified atom stereocenters. The molecule has 3 aromatic rings. The number of rotatable bonds is 4. The monoisotopic (exact) mass is 332 g/mol. The lowest BCUT2D eigenvalue weighted by molar-refractivity contribution is -0.384. The first-order valence-corrected chi connectivity index (χ1v) is 6.81. The van der Waals surface area contributed by atoms with E-state index in [0.29, 0.717) is 5.56 Å². The minimum Gasteiger partial charge on any atom is -0.391 e. The fourth-order valence-electron chi connectivity index (χ4n) is 2.29. The molecule has 0 bridgehead atoms. The number of non-ortho nitro benzene ring substituents is 1. The summed E-state index contributed by atoms with van der Waals surface area (Å²) in [6.45, 7) is -0.454. The molecule has 1 aromatic heterocycles. The van der Waals surface area contributed by atoms with E-state index in [2.05, 4.69) is 5.16 Å². The normalized spacial score (nSPS) is 10.8. The number of nitro benzene ring substituents is 1. The van der Waals surface area contributed by atoms with Crippen molar-refractivity contribution in [2.24, 2.45) is 0 Å². The Hall–Kier alpha value is -3.13. The molecule has 0 saturated heterocycles. The lowest BCUT2D eigenvalue weighted by Gasteiger charge is -2.02. The highest BCUT2D eigenvalue weighted by atomic mass is 19.2. The Morgan fingerprint density at radius 2 is 1.75 bits per heavy atom. The van der Waals surface area contributed by atoms with Crippen molar-refractivity contribution >= 4 is 5.69 Å². The maximum absolute atomic E-state index is 13.4. The Balaban J connectivity index is 2.06. The number of aromatic nitrogens is 1. The molecule has 0 atom stereocenters. The second-order valence-electron chi connectivity index (χ2n) is 4.93. The van der Waals surface area contributed by atoms with Crippen molar-refractivity contribution in [3.05, 3.63) is 69.8 Å². The van der Waals surface area contributed by atoms with Crippen LogP contribution in [0.5, 0.6) is 0 Å². The van der Waals surface area contributed by atoms with Gasteiger partial charge in [-0.2, -0.15) is 0 Å². The molecule has 0 saturated carbocycles. The summed E-state index contributed by atoms with van der Waals surface area (Å²) in [5, 5.41) is 24.1. The van der Waals surface area contributed by atoms with Gasteiger partial charge in [-0.3, -0.25) is 10.1 Å². The van der Waals surface area contributed by atoms with Crippen molar-refractivity contribution in [2.45, 2.75) is 6.61 Å². The number of nitro groups is 1. The summed E-state index contributed by atoms with van der Waals surface area (Å²) >= 11 is 0. The van der Waals surface area contributed by atoms with Gasteiger partial charge in [0.2, 0.25) is 0 Å². The molecule has 0 amide bonds. The van der Waals surface area contributed by atoms with Gasteiger partial charge in [0.05, 0.1) is 17.1 Å². The summed E-state index contributed by atoms with van der Waals surface area (Å²) in [7, 11) is 0. The van der Waals surface area contributed by atoms with Gasteiger partial charge in [-0.05, 0) is 30.3 Å². The number of aliphatic hydroxyl groups is 1. The van der Waals surface area contributed by atoms with E-state index in [1.807, 2.05) is 0 Å². The molecule has 0 aliphatic heterocycles. The molecule has 0 fully saturated rings. The number of benzene rings is 2. The highest BCUT2D eigenvalue weighted by Gasteiger charge is 2.20. The maximum Gasteiger partial charge on any atom is 0.269 e. The number of nitrogens with zero attached hydrogens (tertiary/aromatic N) is 2. The summed E-state index contributed by atoms with van der Waals surface area (Å²) < 4.78 is 31.6. The molecule has 6 nitrogen and oxygen atoms in total. The van der Waals surface area contributed by atoms with E-state index < -0.39 is 23.2 Å². The molecule has 122 valence electrons. The minimum absolute atomic E-state index is 0.0929. The number of aliphatic hydroxyl groups excluding tert-OH is 1. The second kappa shape index (κ2) is 6.17. The van der Waals surface area contributed by atoms with Gasteiger partial charge in [-0.15, -0.1) is 0 Å². The Morgan fingerprint density at radius 1 is 1.08 bits per heavy atom. The van der Waals surface area contributed by atoms with Crippen LogP contribution in [0.25, 0.3) is 22.6 Å². The summed E-state index contributed by atoms with van der Waals surface area (Å²) in [5.41, 5.74) is 1.06. The average Bonchev–Trinajstić information content (AvgIpc) is 3.01. The van der Waals surface area contributed by atoms with Gasteiger partial charge in [0.25, 0.3) is 5.69 Å². The van der Waals surface area contributed by atoms with Crippen LogP contribution in [0.3, 0.4) is 0 Å². The maximum atomic E-state index is 13.4. The Bertz CT molecular complexity index is 907. The second-order valence-corrected chi connectivity index (χ2v) is 4.93. The van der Waals surface area contributed by atoms with E-state index in [0.717, 1.165) is 12.1 Å². The van der Waals surface area contributed by atoms with E-state index in [4.69, 9.17) is 4.52 Å². The number of hydrogen-bond acceptors (Lipinski definition) is 5. The summed E-state index contributed by atoms with van der Waals surface area (Å²) in [5.74, 6) is -1.84. The topological polar surface area (TPSA) is 89.4 Å². The largest absolute Gasteiger partial charge is 0.391 e. The summed E-state index contributed by atoms with van der Waals surface area (Å²) in [4.78, 5) is 10.1. The predicted molar refractivity (Wildman–Crippen MR) is 79.9 cm³/mol. The van der Waals surface area contributed by atoms with E-state index >= 15 is 0 Å². The van der Waals surface area contributed by atoms with Crippen molar-refractivity contribution in [3.8, 4) is 22.6 Å². The predicted octanol–water partition coefficient (Wildman–Crippen LogP) is 3.69. The van der Waals surface area contributed by atoms with Crippen molar-refractivity contribution in [3.63, 3.8) is 0 Å². The lowest BCUT2D eigenvalue weighted by atomic mass is 10.0. The van der Waals surface area contributed by atoms with E-state index in [-0.39, 0.29) is 28.3 Å². The molecule has 0 aliphatic carbocycles. The van der Waals surface area contributed by atoms with Crippen molar-refractivity contribution < 1.29 is 23.3 Å². The summed E-state index contributed by atoms with van der Waals surface area (Å²) in [6, 6.07) is 8.69. The highest BCUT2D eigenvalue weighted by Crippen LogP contribution is 2.33. The molecule has 2 aromatic carbocycles. The summed E-state index contributed by atoms with van der Waals surface area (Å²) in [6.07, 6.45) is 0. The number of halogens is 2. The SMILES string of the molecule is O=[N+]([O-])c1ccc(-c2onc(-c3ccc(F)c(F)c3)c2CO)cc1. The number of hydrogen-bond donors (Lipinski definition) is 1. The fourth-order valence-corrected chi connectivity index (χ4v) is 2.29. The third-order valence-corrected chi connectivity index (χ3v) is 3.48. The van der Waals surface area contributed by atoms with Crippen molar-refractivity contribution in [2.75, 3.05) is 0 Å². The third kappa shape index (κ3) is 2.74. The highest BCUT2D eigenvalue weighted by molar-refractivity contribution is 5.72. The van der Waals surface area contributed by atoms with Gasteiger partial charge in [-0.1, -0.05) is 5.16 Å². The van der Waals surface area contributed by atoms with Crippen LogP contribution < -0.4 is 0 Å².